The number of amides is 1. The molecule has 3 aromatic rings. The van der Waals surface area contributed by atoms with Gasteiger partial charge in [-0.15, -0.1) is 0 Å². The molecule has 0 saturated heterocycles. The second-order valence-electron chi connectivity index (χ2n) is 5.53. The molecular weight excluding hydrogens is 304 g/mol. The van der Waals surface area contributed by atoms with Gasteiger partial charge in [-0.05, 0) is 30.7 Å². The molecule has 1 heterocycles. The van der Waals surface area contributed by atoms with Crippen molar-refractivity contribution in [1.82, 2.24) is 9.13 Å². The topological polar surface area (TPSA) is 86.0 Å². The number of primary amides is 1. The molecule has 0 saturated carbocycles. The molecule has 0 atom stereocenters. The summed E-state index contributed by atoms with van der Waals surface area (Å²) in [6.07, 6.45) is 0.760. The summed E-state index contributed by atoms with van der Waals surface area (Å²) in [5.74, 6) is 0.383. The summed E-state index contributed by atoms with van der Waals surface area (Å²) in [4.78, 5) is 11.3. The first-order valence-corrected chi connectivity index (χ1v) is 7.85. The molecular formula is C18H20N4O2. The van der Waals surface area contributed by atoms with Gasteiger partial charge in [0.2, 0.25) is 11.5 Å². The Hall–Kier alpha value is -3.02. The van der Waals surface area contributed by atoms with Crippen LogP contribution in [-0.4, -0.2) is 21.6 Å². The normalized spacial score (nSPS) is 10.8. The van der Waals surface area contributed by atoms with Gasteiger partial charge in [0.25, 0.3) is 0 Å². The summed E-state index contributed by atoms with van der Waals surface area (Å²) < 4.78 is 9.21. The van der Waals surface area contributed by atoms with Gasteiger partial charge < -0.3 is 19.6 Å². The molecule has 0 aliphatic heterocycles. The zero-order valence-electron chi connectivity index (χ0n) is 13.3. The lowest BCUT2D eigenvalue weighted by Crippen LogP contribution is -2.30. The molecule has 6 heteroatoms. The predicted octanol–water partition coefficient (Wildman–Crippen LogP) is 1.88. The Morgan fingerprint density at radius 3 is 2.29 bits per heavy atom. The quantitative estimate of drug-likeness (QED) is 0.650. The second kappa shape index (κ2) is 7.04. The number of benzene rings is 2. The van der Waals surface area contributed by atoms with E-state index in [1.807, 2.05) is 59.2 Å². The maximum absolute atomic E-state index is 11.3. The molecule has 0 radical (unpaired) electrons. The highest BCUT2D eigenvalue weighted by molar-refractivity contribution is 5.79. The van der Waals surface area contributed by atoms with Crippen LogP contribution in [0.2, 0.25) is 0 Å². The summed E-state index contributed by atoms with van der Waals surface area (Å²) >= 11 is 0. The number of carbonyl (C=O) groups is 1. The zero-order valence-corrected chi connectivity index (χ0v) is 13.3. The maximum atomic E-state index is 11.3. The third-order valence-electron chi connectivity index (χ3n) is 3.83. The highest BCUT2D eigenvalue weighted by Crippen LogP contribution is 2.13. The van der Waals surface area contributed by atoms with Crippen LogP contribution >= 0.6 is 0 Å². The summed E-state index contributed by atoms with van der Waals surface area (Å²) in [5.41, 5.74) is 7.34. The number of para-hydroxylation sites is 3. The van der Waals surface area contributed by atoms with Crippen LogP contribution < -0.4 is 16.1 Å². The molecule has 0 spiro atoms. The number of nitrogens with zero attached hydrogens (tertiary/aromatic N) is 2. The van der Waals surface area contributed by atoms with Crippen LogP contribution in [0.4, 0.5) is 0 Å². The van der Waals surface area contributed by atoms with Crippen LogP contribution in [0.1, 0.15) is 6.42 Å². The Morgan fingerprint density at radius 2 is 1.62 bits per heavy atom. The fourth-order valence-corrected chi connectivity index (χ4v) is 2.77. The van der Waals surface area contributed by atoms with Crippen molar-refractivity contribution in [3.05, 3.63) is 60.2 Å². The summed E-state index contributed by atoms with van der Waals surface area (Å²) in [5, 5.41) is 8.35. The predicted molar refractivity (Wildman–Crippen MR) is 91.5 cm³/mol. The average Bonchev–Trinajstić information content (AvgIpc) is 2.85. The van der Waals surface area contributed by atoms with Crippen molar-refractivity contribution in [2.24, 2.45) is 5.73 Å². The number of fused-ring (bicyclic) bond motifs is 1. The number of imidazole rings is 1. The first kappa shape index (κ1) is 15.9. The number of nitrogens with one attached hydrogen (secondary N) is 1. The van der Waals surface area contributed by atoms with E-state index in [-0.39, 0.29) is 12.2 Å². The van der Waals surface area contributed by atoms with E-state index in [9.17, 15) is 4.79 Å². The van der Waals surface area contributed by atoms with Crippen LogP contribution in [0, 0.1) is 5.41 Å². The molecule has 0 bridgehead atoms. The second-order valence-corrected chi connectivity index (χ2v) is 5.53. The third-order valence-corrected chi connectivity index (χ3v) is 3.83. The Balaban J connectivity index is 1.75. The van der Waals surface area contributed by atoms with E-state index >= 15 is 0 Å². The molecule has 124 valence electrons. The number of aryl methyl sites for hydroxylation is 1. The van der Waals surface area contributed by atoms with E-state index in [0.29, 0.717) is 13.2 Å². The first-order chi connectivity index (χ1) is 11.7. The van der Waals surface area contributed by atoms with Gasteiger partial charge in [-0.2, -0.15) is 0 Å². The Labute approximate surface area is 139 Å². The van der Waals surface area contributed by atoms with Crippen molar-refractivity contribution in [3.63, 3.8) is 0 Å². The van der Waals surface area contributed by atoms with Gasteiger partial charge in [-0.1, -0.05) is 30.3 Å². The molecule has 1 amide bonds. The molecule has 0 aliphatic rings. The maximum Gasteiger partial charge on any atom is 0.237 e. The van der Waals surface area contributed by atoms with E-state index in [1.54, 1.807) is 4.57 Å². The van der Waals surface area contributed by atoms with Crippen molar-refractivity contribution >= 4 is 16.9 Å². The number of carbonyl (C=O) groups excluding carboxylic acids is 1. The Bertz CT molecular complexity index is 896. The van der Waals surface area contributed by atoms with Crippen LogP contribution in [-0.2, 0) is 17.9 Å². The third kappa shape index (κ3) is 3.32. The molecule has 0 fully saturated rings. The summed E-state index contributed by atoms with van der Waals surface area (Å²) in [6, 6.07) is 17.3. The van der Waals surface area contributed by atoms with Gasteiger partial charge in [0.1, 0.15) is 12.3 Å². The molecule has 6 nitrogen and oxygen atoms in total. The molecule has 3 N–H and O–H groups in total. The summed E-state index contributed by atoms with van der Waals surface area (Å²) in [7, 11) is 0. The van der Waals surface area contributed by atoms with Gasteiger partial charge in [-0.3, -0.25) is 10.2 Å². The Morgan fingerprint density at radius 1 is 1.00 bits per heavy atom. The first-order valence-electron chi connectivity index (χ1n) is 7.85. The van der Waals surface area contributed by atoms with Crippen molar-refractivity contribution in [2.75, 3.05) is 6.61 Å². The zero-order chi connectivity index (χ0) is 16.9. The smallest absolute Gasteiger partial charge is 0.237 e. The number of rotatable bonds is 7. The lowest BCUT2D eigenvalue weighted by Gasteiger charge is -2.07. The lowest BCUT2D eigenvalue weighted by atomic mass is 10.3. The van der Waals surface area contributed by atoms with E-state index in [0.717, 1.165) is 23.2 Å². The molecule has 0 aliphatic carbocycles. The highest BCUT2D eigenvalue weighted by atomic mass is 16.5. The number of hydrogen-bond acceptors (Lipinski definition) is 3. The van der Waals surface area contributed by atoms with Crippen LogP contribution in [0.15, 0.2) is 54.6 Å². The highest BCUT2D eigenvalue weighted by Gasteiger charge is 2.11. The Kier molecular flexibility index (Phi) is 4.65. The van der Waals surface area contributed by atoms with E-state index < -0.39 is 5.91 Å². The average molecular weight is 324 g/mol. The van der Waals surface area contributed by atoms with E-state index in [2.05, 4.69) is 0 Å². The summed E-state index contributed by atoms with van der Waals surface area (Å²) in [6.45, 7) is 1.20. The molecule has 2 aromatic carbocycles. The fraction of sp³-hybridized carbons (Fsp3) is 0.222. The minimum Gasteiger partial charge on any atom is -0.494 e. The van der Waals surface area contributed by atoms with Crippen LogP contribution in [0.3, 0.4) is 0 Å². The van der Waals surface area contributed by atoms with Gasteiger partial charge in [0, 0.05) is 6.54 Å². The molecule has 1 aromatic heterocycles. The van der Waals surface area contributed by atoms with Crippen molar-refractivity contribution in [2.45, 2.75) is 19.5 Å². The van der Waals surface area contributed by atoms with E-state index in [4.69, 9.17) is 15.9 Å². The minimum absolute atomic E-state index is 0.00681. The molecule has 24 heavy (non-hydrogen) atoms. The monoisotopic (exact) mass is 324 g/mol. The largest absolute Gasteiger partial charge is 0.494 e. The SMILES string of the molecule is N=c1n(CCCOc2ccccc2)c2ccccc2n1CC(N)=O. The van der Waals surface area contributed by atoms with E-state index in [1.165, 1.54) is 0 Å². The van der Waals surface area contributed by atoms with Gasteiger partial charge in [0.05, 0.1) is 17.6 Å². The van der Waals surface area contributed by atoms with Crippen molar-refractivity contribution < 1.29 is 9.53 Å². The number of aromatic nitrogens is 2. The molecule has 0 unspecified atom stereocenters. The standard InChI is InChI=1S/C18H20N4O2/c19-17(23)13-22-16-10-5-4-9-15(16)21(18(22)20)11-6-12-24-14-7-2-1-3-8-14/h1-5,7-10,20H,6,11-13H2,(H2,19,23). The van der Waals surface area contributed by atoms with Gasteiger partial charge in [-0.25, -0.2) is 0 Å². The van der Waals surface area contributed by atoms with Gasteiger partial charge in [0.15, 0.2) is 0 Å². The van der Waals surface area contributed by atoms with Gasteiger partial charge >= 0.3 is 0 Å². The van der Waals surface area contributed by atoms with Crippen molar-refractivity contribution in [3.8, 4) is 5.75 Å². The van der Waals surface area contributed by atoms with Crippen LogP contribution in [0.25, 0.3) is 11.0 Å². The molecule has 3 rings (SSSR count). The number of hydrogen-bond donors (Lipinski definition) is 2. The number of ether oxygens (including phenoxy) is 1. The van der Waals surface area contributed by atoms with Crippen LogP contribution in [0.5, 0.6) is 5.75 Å². The van der Waals surface area contributed by atoms with Crippen molar-refractivity contribution in [1.29, 1.82) is 5.41 Å². The number of nitrogens with two attached hydrogens (primary N) is 1. The fourth-order valence-electron chi connectivity index (χ4n) is 2.77. The lowest BCUT2D eigenvalue weighted by molar-refractivity contribution is -0.118. The minimum atomic E-state index is -0.455.